The van der Waals surface area contributed by atoms with E-state index in [-0.39, 0.29) is 11.8 Å². The molecule has 0 spiro atoms. The van der Waals surface area contributed by atoms with E-state index in [1.807, 2.05) is 19.1 Å². The third-order valence-electron chi connectivity index (χ3n) is 4.76. The van der Waals surface area contributed by atoms with Crippen LogP contribution in [-0.2, 0) is 16.0 Å². The van der Waals surface area contributed by atoms with Gasteiger partial charge in [-0.3, -0.25) is 9.59 Å². The predicted molar refractivity (Wildman–Crippen MR) is 96.2 cm³/mol. The number of aryl methyl sites for hydroxylation is 1. The molecule has 128 valence electrons. The number of carboxylic acid groups (broad SMARTS) is 1. The number of nitrogens with zero attached hydrogens (tertiary/aromatic N) is 1. The SMILES string of the molecule is CC1CC(C(=O)O)CN(C(=O)CCCc2csc3ccccc23)C1. The molecule has 4 nitrogen and oxygen atoms in total. The van der Waals surface area contributed by atoms with Gasteiger partial charge in [-0.1, -0.05) is 25.1 Å². The lowest BCUT2D eigenvalue weighted by atomic mass is 9.90. The van der Waals surface area contributed by atoms with Gasteiger partial charge in [-0.15, -0.1) is 11.3 Å². The molecule has 1 saturated heterocycles. The highest BCUT2D eigenvalue weighted by Gasteiger charge is 2.31. The molecule has 2 unspecified atom stereocenters. The fourth-order valence-electron chi connectivity index (χ4n) is 3.55. The van der Waals surface area contributed by atoms with Crippen LogP contribution >= 0.6 is 11.3 Å². The fraction of sp³-hybridized carbons (Fsp3) is 0.474. The number of aliphatic carboxylic acids is 1. The van der Waals surface area contributed by atoms with Crippen molar-refractivity contribution in [1.82, 2.24) is 4.90 Å². The lowest BCUT2D eigenvalue weighted by Gasteiger charge is -2.34. The van der Waals surface area contributed by atoms with Crippen molar-refractivity contribution in [2.45, 2.75) is 32.6 Å². The van der Waals surface area contributed by atoms with Crippen molar-refractivity contribution in [3.63, 3.8) is 0 Å². The van der Waals surface area contributed by atoms with Crippen molar-refractivity contribution >= 4 is 33.3 Å². The van der Waals surface area contributed by atoms with Gasteiger partial charge in [0.05, 0.1) is 5.92 Å². The minimum atomic E-state index is -0.788. The largest absolute Gasteiger partial charge is 0.481 e. The molecule has 1 aliphatic rings. The first-order valence-electron chi connectivity index (χ1n) is 8.50. The van der Waals surface area contributed by atoms with Crippen LogP contribution in [0.15, 0.2) is 29.6 Å². The number of likely N-dealkylation sites (tertiary alicyclic amines) is 1. The number of carbonyl (C=O) groups is 2. The van der Waals surface area contributed by atoms with Gasteiger partial charge in [0.2, 0.25) is 5.91 Å². The van der Waals surface area contributed by atoms with E-state index in [1.54, 1.807) is 16.2 Å². The molecule has 0 radical (unpaired) electrons. The van der Waals surface area contributed by atoms with Crippen LogP contribution in [0.1, 0.15) is 31.7 Å². The molecule has 0 saturated carbocycles. The minimum Gasteiger partial charge on any atom is -0.481 e. The zero-order valence-corrected chi connectivity index (χ0v) is 14.7. The Morgan fingerprint density at radius 2 is 2.08 bits per heavy atom. The Morgan fingerprint density at radius 1 is 1.29 bits per heavy atom. The molecule has 1 amide bonds. The van der Waals surface area contributed by atoms with Crippen LogP contribution in [0.2, 0.25) is 0 Å². The summed E-state index contributed by atoms with van der Waals surface area (Å²) in [4.78, 5) is 25.4. The highest BCUT2D eigenvalue weighted by Crippen LogP contribution is 2.27. The zero-order valence-electron chi connectivity index (χ0n) is 13.9. The molecule has 24 heavy (non-hydrogen) atoms. The number of carboxylic acids is 1. The summed E-state index contributed by atoms with van der Waals surface area (Å²) in [5.74, 6) is -0.862. The molecule has 0 bridgehead atoms. The predicted octanol–water partition coefficient (Wildman–Crippen LogP) is 3.79. The zero-order chi connectivity index (χ0) is 17.1. The molecule has 0 aliphatic carbocycles. The van der Waals surface area contributed by atoms with Gasteiger partial charge < -0.3 is 10.0 Å². The van der Waals surface area contributed by atoms with Gasteiger partial charge in [0.1, 0.15) is 0 Å². The second kappa shape index (κ2) is 7.34. The van der Waals surface area contributed by atoms with E-state index in [0.29, 0.717) is 25.9 Å². The number of benzene rings is 1. The summed E-state index contributed by atoms with van der Waals surface area (Å²) in [6.45, 7) is 3.07. The van der Waals surface area contributed by atoms with E-state index in [9.17, 15) is 14.7 Å². The van der Waals surface area contributed by atoms with E-state index < -0.39 is 11.9 Å². The van der Waals surface area contributed by atoms with E-state index in [4.69, 9.17) is 0 Å². The average Bonchev–Trinajstić information content (AvgIpc) is 2.97. The van der Waals surface area contributed by atoms with E-state index >= 15 is 0 Å². The van der Waals surface area contributed by atoms with Gasteiger partial charge >= 0.3 is 5.97 Å². The Balaban J connectivity index is 1.54. The van der Waals surface area contributed by atoms with Crippen LogP contribution in [0.25, 0.3) is 10.1 Å². The molecule has 2 atom stereocenters. The van der Waals surface area contributed by atoms with Crippen molar-refractivity contribution in [3.05, 3.63) is 35.2 Å². The van der Waals surface area contributed by atoms with E-state index in [0.717, 1.165) is 12.8 Å². The number of carbonyl (C=O) groups excluding carboxylic acids is 1. The molecule has 3 rings (SSSR count). The second-order valence-corrected chi connectivity index (χ2v) is 7.70. The molecular weight excluding hydrogens is 322 g/mol. The first kappa shape index (κ1) is 17.0. The lowest BCUT2D eigenvalue weighted by molar-refractivity contribution is -0.146. The molecule has 2 heterocycles. The maximum atomic E-state index is 12.4. The molecule has 5 heteroatoms. The maximum absolute atomic E-state index is 12.4. The highest BCUT2D eigenvalue weighted by molar-refractivity contribution is 7.17. The van der Waals surface area contributed by atoms with Crippen molar-refractivity contribution in [3.8, 4) is 0 Å². The number of amides is 1. The van der Waals surface area contributed by atoms with Crippen LogP contribution in [-0.4, -0.2) is 35.0 Å². The van der Waals surface area contributed by atoms with Gasteiger partial charge in [-0.05, 0) is 47.6 Å². The average molecular weight is 345 g/mol. The number of hydrogen-bond acceptors (Lipinski definition) is 3. The maximum Gasteiger partial charge on any atom is 0.308 e. The first-order valence-corrected chi connectivity index (χ1v) is 9.38. The lowest BCUT2D eigenvalue weighted by Crippen LogP contribution is -2.45. The molecular formula is C19H23NO3S. The summed E-state index contributed by atoms with van der Waals surface area (Å²) in [5.41, 5.74) is 1.30. The number of thiophene rings is 1. The Bertz CT molecular complexity index is 739. The summed E-state index contributed by atoms with van der Waals surface area (Å²) < 4.78 is 1.29. The quantitative estimate of drug-likeness (QED) is 0.897. The number of fused-ring (bicyclic) bond motifs is 1. The smallest absolute Gasteiger partial charge is 0.308 e. The third-order valence-corrected chi connectivity index (χ3v) is 5.77. The normalized spacial score (nSPS) is 21.1. The van der Waals surface area contributed by atoms with Crippen molar-refractivity contribution in [2.75, 3.05) is 13.1 Å². The Morgan fingerprint density at radius 3 is 2.88 bits per heavy atom. The Kier molecular flexibility index (Phi) is 5.19. The van der Waals surface area contributed by atoms with Gasteiger partial charge in [-0.25, -0.2) is 0 Å². The van der Waals surface area contributed by atoms with Crippen LogP contribution in [0.3, 0.4) is 0 Å². The van der Waals surface area contributed by atoms with E-state index in [1.165, 1.54) is 15.6 Å². The molecule has 2 aromatic rings. The van der Waals surface area contributed by atoms with Crippen LogP contribution in [0.5, 0.6) is 0 Å². The van der Waals surface area contributed by atoms with Gasteiger partial charge in [0.15, 0.2) is 0 Å². The number of rotatable bonds is 5. The van der Waals surface area contributed by atoms with Gasteiger partial charge in [0.25, 0.3) is 0 Å². The summed E-state index contributed by atoms with van der Waals surface area (Å²) in [6, 6.07) is 8.34. The minimum absolute atomic E-state index is 0.0901. The Hall–Kier alpha value is -1.88. The van der Waals surface area contributed by atoms with Crippen LogP contribution in [0.4, 0.5) is 0 Å². The first-order chi connectivity index (χ1) is 11.5. The summed E-state index contributed by atoms with van der Waals surface area (Å²) in [7, 11) is 0. The summed E-state index contributed by atoms with van der Waals surface area (Å²) in [6.07, 6.45) is 2.85. The van der Waals surface area contributed by atoms with Crippen molar-refractivity contribution < 1.29 is 14.7 Å². The summed E-state index contributed by atoms with van der Waals surface area (Å²) >= 11 is 1.74. The highest BCUT2D eigenvalue weighted by atomic mass is 32.1. The number of hydrogen-bond donors (Lipinski definition) is 1. The molecule has 1 aliphatic heterocycles. The Labute approximate surface area is 146 Å². The second-order valence-electron chi connectivity index (χ2n) is 6.79. The van der Waals surface area contributed by atoms with Crippen LogP contribution < -0.4 is 0 Å². The molecule has 1 aromatic carbocycles. The molecule has 1 aromatic heterocycles. The van der Waals surface area contributed by atoms with Crippen molar-refractivity contribution in [1.29, 1.82) is 0 Å². The molecule has 1 fully saturated rings. The topological polar surface area (TPSA) is 57.6 Å². The van der Waals surface area contributed by atoms with E-state index in [2.05, 4.69) is 17.5 Å². The standard InChI is InChI=1S/C19H23NO3S/c1-13-9-15(19(22)23)11-20(10-13)18(21)8-4-5-14-12-24-17-7-3-2-6-16(14)17/h2-3,6-7,12-13,15H,4-5,8-11H2,1H3,(H,22,23). The molecule has 1 N–H and O–H groups in total. The third kappa shape index (κ3) is 3.78. The fourth-order valence-corrected chi connectivity index (χ4v) is 4.55. The van der Waals surface area contributed by atoms with Crippen LogP contribution in [0, 0.1) is 11.8 Å². The number of piperidine rings is 1. The van der Waals surface area contributed by atoms with Gasteiger partial charge in [0, 0.05) is 24.2 Å². The summed E-state index contributed by atoms with van der Waals surface area (Å²) in [5, 5.41) is 12.7. The van der Waals surface area contributed by atoms with Gasteiger partial charge in [-0.2, -0.15) is 0 Å². The monoisotopic (exact) mass is 345 g/mol. The van der Waals surface area contributed by atoms with Crippen molar-refractivity contribution in [2.24, 2.45) is 11.8 Å².